The number of carbonyl (C=O) groups excluding carboxylic acids is 2. The van der Waals surface area contributed by atoms with E-state index in [0.717, 1.165) is 19.3 Å². The lowest BCUT2D eigenvalue weighted by atomic mass is 9.52. The first kappa shape index (κ1) is 16.0. The highest BCUT2D eigenvalue weighted by molar-refractivity contribution is 5.96. The summed E-state index contributed by atoms with van der Waals surface area (Å²) in [6, 6.07) is 0. The van der Waals surface area contributed by atoms with Crippen molar-refractivity contribution in [3.8, 4) is 0 Å². The Morgan fingerprint density at radius 2 is 2.19 bits per heavy atom. The predicted molar refractivity (Wildman–Crippen MR) is 79.2 cm³/mol. The number of ketones is 1. The number of rotatable bonds is 3. The molecule has 0 aromatic heterocycles. The normalized spacial score (nSPS) is 30.9. The molecule has 0 saturated heterocycles. The number of hydrogen-bond acceptors (Lipinski definition) is 4. The zero-order valence-corrected chi connectivity index (χ0v) is 13.1. The Bertz CT molecular complexity index is 487. The number of Topliss-reactive ketones (excluding diaryl/α,β-unsaturated/α-hetero) is 1. The van der Waals surface area contributed by atoms with Crippen molar-refractivity contribution in [2.75, 3.05) is 6.61 Å². The van der Waals surface area contributed by atoms with Crippen LogP contribution in [0.2, 0.25) is 0 Å². The lowest BCUT2D eigenvalue weighted by molar-refractivity contribution is -0.264. The van der Waals surface area contributed by atoms with Crippen molar-refractivity contribution >= 4 is 11.8 Å². The summed E-state index contributed by atoms with van der Waals surface area (Å²) in [4.78, 5) is 32.5. The SMILES string of the molecule is C=C1CC/C=C(/COOC(C)=O)C(=O)C[C@@H]2[C@H]1CC2(C)C. The van der Waals surface area contributed by atoms with Gasteiger partial charge in [0.05, 0.1) is 0 Å². The van der Waals surface area contributed by atoms with E-state index in [2.05, 4.69) is 25.3 Å². The van der Waals surface area contributed by atoms with E-state index in [9.17, 15) is 9.59 Å². The minimum atomic E-state index is -0.514. The van der Waals surface area contributed by atoms with Crippen molar-refractivity contribution in [3.63, 3.8) is 0 Å². The van der Waals surface area contributed by atoms with Gasteiger partial charge in [-0.1, -0.05) is 32.1 Å². The summed E-state index contributed by atoms with van der Waals surface area (Å²) < 4.78 is 0. The van der Waals surface area contributed by atoms with E-state index in [1.807, 2.05) is 6.08 Å². The van der Waals surface area contributed by atoms with Crippen molar-refractivity contribution in [2.24, 2.45) is 17.3 Å². The van der Waals surface area contributed by atoms with E-state index in [1.54, 1.807) is 0 Å². The van der Waals surface area contributed by atoms with Crippen LogP contribution in [0.4, 0.5) is 0 Å². The summed E-state index contributed by atoms with van der Waals surface area (Å²) in [5, 5.41) is 0. The number of fused-ring (bicyclic) bond motifs is 1. The Morgan fingerprint density at radius 1 is 1.48 bits per heavy atom. The van der Waals surface area contributed by atoms with E-state index < -0.39 is 5.97 Å². The lowest BCUT2D eigenvalue weighted by Crippen LogP contribution is -2.45. The van der Waals surface area contributed by atoms with Crippen molar-refractivity contribution in [1.82, 2.24) is 0 Å². The largest absolute Gasteiger partial charge is 0.339 e. The molecule has 2 atom stereocenters. The topological polar surface area (TPSA) is 52.6 Å². The molecule has 2 aliphatic rings. The molecular weight excluding hydrogens is 268 g/mol. The van der Waals surface area contributed by atoms with Crippen LogP contribution in [-0.2, 0) is 19.4 Å². The van der Waals surface area contributed by atoms with Gasteiger partial charge in [0.1, 0.15) is 6.61 Å². The van der Waals surface area contributed by atoms with Gasteiger partial charge in [-0.3, -0.25) is 9.68 Å². The van der Waals surface area contributed by atoms with E-state index in [-0.39, 0.29) is 17.8 Å². The van der Waals surface area contributed by atoms with E-state index in [1.165, 1.54) is 12.5 Å². The summed E-state index contributed by atoms with van der Waals surface area (Å²) in [5.74, 6) is 0.401. The molecular formula is C17H24O4. The molecule has 4 heteroatoms. The van der Waals surface area contributed by atoms with Crippen molar-refractivity contribution in [2.45, 2.75) is 46.5 Å². The summed E-state index contributed by atoms with van der Waals surface area (Å²) in [7, 11) is 0. The number of hydrogen-bond donors (Lipinski definition) is 0. The molecule has 0 aliphatic heterocycles. The van der Waals surface area contributed by atoms with E-state index >= 15 is 0 Å². The fourth-order valence-corrected chi connectivity index (χ4v) is 3.47. The molecule has 1 saturated carbocycles. The average Bonchev–Trinajstić information content (AvgIpc) is 2.43. The lowest BCUT2D eigenvalue weighted by Gasteiger charge is -2.52. The second-order valence-electron chi connectivity index (χ2n) is 6.80. The first-order valence-electron chi connectivity index (χ1n) is 7.51. The molecule has 21 heavy (non-hydrogen) atoms. The third-order valence-electron chi connectivity index (χ3n) is 4.77. The highest BCUT2D eigenvalue weighted by atomic mass is 17.2. The maximum absolute atomic E-state index is 12.5. The van der Waals surface area contributed by atoms with Gasteiger partial charge in [0, 0.05) is 18.9 Å². The third kappa shape index (κ3) is 3.62. The molecule has 0 radical (unpaired) electrons. The van der Waals surface area contributed by atoms with Crippen LogP contribution >= 0.6 is 0 Å². The zero-order valence-electron chi connectivity index (χ0n) is 13.1. The van der Waals surface area contributed by atoms with Gasteiger partial charge < -0.3 is 0 Å². The maximum atomic E-state index is 12.5. The van der Waals surface area contributed by atoms with Gasteiger partial charge in [0.25, 0.3) is 0 Å². The van der Waals surface area contributed by atoms with Crippen LogP contribution in [0.15, 0.2) is 23.8 Å². The highest BCUT2D eigenvalue weighted by Crippen LogP contribution is 2.56. The van der Waals surface area contributed by atoms with Crippen LogP contribution < -0.4 is 0 Å². The molecule has 4 nitrogen and oxygen atoms in total. The third-order valence-corrected chi connectivity index (χ3v) is 4.77. The van der Waals surface area contributed by atoms with Crippen LogP contribution in [0.5, 0.6) is 0 Å². The Balaban J connectivity index is 2.06. The molecule has 1 fully saturated rings. The fraction of sp³-hybridized carbons (Fsp3) is 0.647. The first-order chi connectivity index (χ1) is 9.81. The Labute approximate surface area is 126 Å². The van der Waals surface area contributed by atoms with Crippen LogP contribution in [0, 0.1) is 17.3 Å². The molecule has 2 aliphatic carbocycles. The van der Waals surface area contributed by atoms with Crippen LogP contribution in [0.1, 0.15) is 46.5 Å². The van der Waals surface area contributed by atoms with Crippen molar-refractivity contribution in [3.05, 3.63) is 23.8 Å². The molecule has 0 spiro atoms. The molecule has 116 valence electrons. The van der Waals surface area contributed by atoms with Crippen molar-refractivity contribution < 1.29 is 19.4 Å². The monoisotopic (exact) mass is 292 g/mol. The van der Waals surface area contributed by atoms with E-state index in [0.29, 0.717) is 23.8 Å². The first-order valence-corrected chi connectivity index (χ1v) is 7.51. The Morgan fingerprint density at radius 3 is 2.81 bits per heavy atom. The predicted octanol–water partition coefficient (Wildman–Crippen LogP) is 3.38. The maximum Gasteiger partial charge on any atom is 0.339 e. The van der Waals surface area contributed by atoms with Gasteiger partial charge in [-0.2, -0.15) is 4.89 Å². The average molecular weight is 292 g/mol. The summed E-state index contributed by atoms with van der Waals surface area (Å²) in [6.45, 7) is 9.93. The molecule has 0 unspecified atom stereocenters. The van der Waals surface area contributed by atoms with Gasteiger partial charge in [-0.05, 0) is 36.5 Å². The summed E-state index contributed by atoms with van der Waals surface area (Å²) in [5.41, 5.74) is 2.05. The van der Waals surface area contributed by atoms with Crippen molar-refractivity contribution in [1.29, 1.82) is 0 Å². The Kier molecular flexibility index (Phi) is 4.67. The second-order valence-corrected chi connectivity index (χ2v) is 6.80. The van der Waals surface area contributed by atoms with Gasteiger partial charge in [-0.15, -0.1) is 0 Å². The Hall–Kier alpha value is -1.42. The van der Waals surface area contributed by atoms with Gasteiger partial charge >= 0.3 is 5.97 Å². The highest BCUT2D eigenvalue weighted by Gasteiger charge is 2.48. The molecule has 0 bridgehead atoms. The second kappa shape index (κ2) is 6.14. The minimum absolute atomic E-state index is 0.0305. The molecule has 0 heterocycles. The molecule has 0 aromatic carbocycles. The van der Waals surface area contributed by atoms with Crippen LogP contribution in [0.3, 0.4) is 0 Å². The fourth-order valence-electron chi connectivity index (χ4n) is 3.47. The molecule has 2 rings (SSSR count). The van der Waals surface area contributed by atoms with Crippen LogP contribution in [0.25, 0.3) is 0 Å². The summed E-state index contributed by atoms with van der Waals surface area (Å²) >= 11 is 0. The van der Waals surface area contributed by atoms with Gasteiger partial charge in [0.15, 0.2) is 5.78 Å². The van der Waals surface area contributed by atoms with Gasteiger partial charge in [0.2, 0.25) is 0 Å². The van der Waals surface area contributed by atoms with E-state index in [4.69, 9.17) is 4.89 Å². The van der Waals surface area contributed by atoms with Gasteiger partial charge in [-0.25, -0.2) is 4.79 Å². The minimum Gasteiger partial charge on any atom is -0.298 e. The zero-order chi connectivity index (χ0) is 15.6. The molecule has 0 aromatic rings. The number of carbonyl (C=O) groups is 2. The number of allylic oxidation sites excluding steroid dienone is 2. The van der Waals surface area contributed by atoms with Crippen LogP contribution in [-0.4, -0.2) is 18.4 Å². The standard InChI is InChI=1S/C17H24O4/c1-11-6-5-7-13(10-20-21-12(2)18)16(19)8-15-14(11)9-17(15,3)4/h7,14-15H,1,5-6,8-10H2,2-4H3/b13-7-/t14-,15+/m0/s1. The molecule has 0 amide bonds. The summed E-state index contributed by atoms with van der Waals surface area (Å²) in [6.07, 6.45) is 5.22. The molecule has 0 N–H and O–H groups in total. The quantitative estimate of drug-likeness (QED) is 0.454. The smallest absolute Gasteiger partial charge is 0.298 e.